The van der Waals surface area contributed by atoms with Gasteiger partial charge in [-0.25, -0.2) is 4.98 Å². The van der Waals surface area contributed by atoms with Crippen molar-refractivity contribution < 1.29 is 19.1 Å². The zero-order valence-electron chi connectivity index (χ0n) is 19.9. The molecule has 1 aromatic carbocycles. The largest absolute Gasteiger partial charge is 0.490 e. The molecule has 0 aliphatic carbocycles. The summed E-state index contributed by atoms with van der Waals surface area (Å²) in [5.41, 5.74) is 0.333. The van der Waals surface area contributed by atoms with E-state index in [1.807, 2.05) is 18.2 Å². The van der Waals surface area contributed by atoms with Gasteiger partial charge < -0.3 is 24.6 Å². The second kappa shape index (κ2) is 11.8. The Hall–Kier alpha value is -3.13. The number of nitrogens with one attached hydrogen (secondary N) is 1. The Bertz CT molecular complexity index is 975. The summed E-state index contributed by atoms with van der Waals surface area (Å²) in [6, 6.07) is 10.8. The van der Waals surface area contributed by atoms with E-state index in [1.165, 1.54) is 0 Å². The van der Waals surface area contributed by atoms with Crippen molar-refractivity contribution in [3.63, 3.8) is 0 Å². The number of amides is 2. The van der Waals surface area contributed by atoms with Gasteiger partial charge in [0.15, 0.2) is 11.5 Å². The van der Waals surface area contributed by atoms with Gasteiger partial charge in [0.2, 0.25) is 11.8 Å². The average Bonchev–Trinajstić information content (AvgIpc) is 2.86. The quantitative estimate of drug-likeness (QED) is 0.744. The fourth-order valence-electron chi connectivity index (χ4n) is 4.33. The fraction of sp³-hybridized carbons (Fsp3) is 0.500. The van der Waals surface area contributed by atoms with Gasteiger partial charge in [0.1, 0.15) is 5.56 Å². The third-order valence-corrected chi connectivity index (χ3v) is 6.44. The minimum absolute atomic E-state index is 0.0207. The molecule has 1 fully saturated rings. The SMILES string of the molecule is CN1CCC(CNC(=O)CN2CCCCCOc3ccccc3Oc3ncccc3C2=O)CC1. The number of nitrogens with zero attached hydrogens (tertiary/aromatic N) is 3. The molecule has 34 heavy (non-hydrogen) atoms. The van der Waals surface area contributed by atoms with Gasteiger partial charge in [-0.2, -0.15) is 0 Å². The van der Waals surface area contributed by atoms with Crippen molar-refractivity contribution in [1.82, 2.24) is 20.1 Å². The van der Waals surface area contributed by atoms with E-state index in [4.69, 9.17) is 9.47 Å². The summed E-state index contributed by atoms with van der Waals surface area (Å²) in [5, 5.41) is 3.05. The first-order valence-electron chi connectivity index (χ1n) is 12.2. The lowest BCUT2D eigenvalue weighted by Gasteiger charge is -2.29. The molecule has 0 saturated carbocycles. The van der Waals surface area contributed by atoms with Gasteiger partial charge in [-0.1, -0.05) is 12.1 Å². The van der Waals surface area contributed by atoms with E-state index < -0.39 is 0 Å². The Morgan fingerprint density at radius 1 is 1.06 bits per heavy atom. The molecule has 0 unspecified atom stereocenters. The molecule has 2 amide bonds. The molecule has 2 aliphatic rings. The van der Waals surface area contributed by atoms with Crippen molar-refractivity contribution in [1.29, 1.82) is 0 Å². The highest BCUT2D eigenvalue weighted by Gasteiger charge is 2.24. The third-order valence-electron chi connectivity index (χ3n) is 6.44. The molecule has 1 aromatic heterocycles. The summed E-state index contributed by atoms with van der Waals surface area (Å²) >= 11 is 0. The highest BCUT2D eigenvalue weighted by molar-refractivity contribution is 5.98. The van der Waals surface area contributed by atoms with Crippen LogP contribution in [0.3, 0.4) is 0 Å². The van der Waals surface area contributed by atoms with Crippen LogP contribution in [0.2, 0.25) is 0 Å². The van der Waals surface area contributed by atoms with Gasteiger partial charge in [-0.05, 0) is 82.4 Å². The number of pyridine rings is 1. The van der Waals surface area contributed by atoms with Crippen LogP contribution in [0, 0.1) is 5.92 Å². The molecular formula is C26H34N4O4. The predicted molar refractivity (Wildman–Crippen MR) is 129 cm³/mol. The van der Waals surface area contributed by atoms with Gasteiger partial charge in [0.05, 0.1) is 13.2 Å². The minimum atomic E-state index is -0.254. The van der Waals surface area contributed by atoms with E-state index in [2.05, 4.69) is 22.2 Å². The molecule has 0 radical (unpaired) electrons. The van der Waals surface area contributed by atoms with E-state index in [0.29, 0.717) is 42.7 Å². The Morgan fingerprint density at radius 2 is 1.85 bits per heavy atom. The van der Waals surface area contributed by atoms with Crippen molar-refractivity contribution >= 4 is 11.8 Å². The van der Waals surface area contributed by atoms with Crippen molar-refractivity contribution in [2.75, 3.05) is 46.4 Å². The van der Waals surface area contributed by atoms with Crippen molar-refractivity contribution in [3.05, 3.63) is 48.2 Å². The van der Waals surface area contributed by atoms with Crippen molar-refractivity contribution in [2.45, 2.75) is 32.1 Å². The number of hydrogen-bond donors (Lipinski definition) is 1. The standard InChI is InChI=1S/C26H34N4O4/c1-29-15-11-20(12-16-29)18-28-24(31)19-30-14-5-2-6-17-33-22-9-3-4-10-23(22)34-25-21(26(30)32)8-7-13-27-25/h3-4,7-10,13,20H,2,5-6,11-12,14-19H2,1H3,(H,28,31). The smallest absolute Gasteiger partial charge is 0.259 e. The first-order chi connectivity index (χ1) is 16.6. The number of para-hydroxylation sites is 2. The van der Waals surface area contributed by atoms with E-state index in [0.717, 1.165) is 45.2 Å². The number of ether oxygens (including phenoxy) is 2. The monoisotopic (exact) mass is 466 g/mol. The minimum Gasteiger partial charge on any atom is -0.490 e. The topological polar surface area (TPSA) is 84.0 Å². The summed E-state index contributed by atoms with van der Waals surface area (Å²) in [5.74, 6) is 1.45. The molecule has 3 heterocycles. The summed E-state index contributed by atoms with van der Waals surface area (Å²) in [6.45, 7) is 3.84. The van der Waals surface area contributed by atoms with Gasteiger partial charge in [0.25, 0.3) is 5.91 Å². The molecule has 8 heteroatoms. The Balaban J connectivity index is 1.47. The first kappa shape index (κ1) is 24.0. The molecule has 2 aromatic rings. The molecular weight excluding hydrogens is 432 g/mol. The maximum atomic E-state index is 13.5. The van der Waals surface area contributed by atoms with E-state index in [-0.39, 0.29) is 24.2 Å². The van der Waals surface area contributed by atoms with E-state index in [1.54, 1.807) is 29.3 Å². The normalized spacial score (nSPS) is 18.3. The summed E-state index contributed by atoms with van der Waals surface area (Å²) < 4.78 is 11.9. The van der Waals surface area contributed by atoms with Gasteiger partial charge in [-0.3, -0.25) is 9.59 Å². The summed E-state index contributed by atoms with van der Waals surface area (Å²) in [4.78, 5) is 34.5. The number of rotatable bonds is 4. The first-order valence-corrected chi connectivity index (χ1v) is 12.2. The lowest BCUT2D eigenvalue weighted by Crippen LogP contribution is -2.43. The van der Waals surface area contributed by atoms with Crippen LogP contribution in [0.4, 0.5) is 0 Å². The second-order valence-corrected chi connectivity index (χ2v) is 9.09. The highest BCUT2D eigenvalue weighted by Crippen LogP contribution is 2.32. The van der Waals surface area contributed by atoms with Gasteiger partial charge >= 0.3 is 0 Å². The number of carbonyl (C=O) groups excluding carboxylic acids is 2. The van der Waals surface area contributed by atoms with E-state index in [9.17, 15) is 9.59 Å². The molecule has 1 saturated heterocycles. The lowest BCUT2D eigenvalue weighted by molar-refractivity contribution is -0.122. The van der Waals surface area contributed by atoms with Crippen molar-refractivity contribution in [2.24, 2.45) is 5.92 Å². The Labute approximate surface area is 201 Å². The number of likely N-dealkylation sites (tertiary alicyclic amines) is 1. The number of fused-ring (bicyclic) bond motifs is 2. The Kier molecular flexibility index (Phi) is 8.36. The van der Waals surface area contributed by atoms with Gasteiger partial charge in [0, 0.05) is 19.3 Å². The molecule has 4 rings (SSSR count). The van der Waals surface area contributed by atoms with Crippen LogP contribution >= 0.6 is 0 Å². The highest BCUT2D eigenvalue weighted by atomic mass is 16.5. The lowest BCUT2D eigenvalue weighted by atomic mass is 9.97. The van der Waals surface area contributed by atoms with Crippen LogP contribution < -0.4 is 14.8 Å². The predicted octanol–water partition coefficient (Wildman–Crippen LogP) is 3.34. The summed E-state index contributed by atoms with van der Waals surface area (Å²) in [7, 11) is 2.13. The van der Waals surface area contributed by atoms with E-state index >= 15 is 0 Å². The van der Waals surface area contributed by atoms with Crippen LogP contribution in [0.5, 0.6) is 17.4 Å². The molecule has 8 nitrogen and oxygen atoms in total. The molecule has 2 aliphatic heterocycles. The molecule has 1 N–H and O–H groups in total. The molecule has 0 bridgehead atoms. The average molecular weight is 467 g/mol. The number of piperidine rings is 1. The number of benzene rings is 1. The fourth-order valence-corrected chi connectivity index (χ4v) is 4.33. The van der Waals surface area contributed by atoms with Crippen LogP contribution in [-0.2, 0) is 4.79 Å². The second-order valence-electron chi connectivity index (χ2n) is 9.09. The zero-order valence-corrected chi connectivity index (χ0v) is 19.9. The number of aromatic nitrogens is 1. The third kappa shape index (κ3) is 6.47. The van der Waals surface area contributed by atoms with Crippen LogP contribution in [0.1, 0.15) is 42.5 Å². The van der Waals surface area contributed by atoms with Crippen LogP contribution in [-0.4, -0.2) is 73.0 Å². The summed E-state index contributed by atoms with van der Waals surface area (Å²) in [6.07, 6.45) is 6.29. The Morgan fingerprint density at radius 3 is 2.68 bits per heavy atom. The maximum absolute atomic E-state index is 13.5. The molecule has 182 valence electrons. The number of carbonyl (C=O) groups is 2. The van der Waals surface area contributed by atoms with Crippen LogP contribution in [0.15, 0.2) is 42.6 Å². The molecule has 0 spiro atoms. The molecule has 0 atom stereocenters. The zero-order chi connectivity index (χ0) is 23.8. The van der Waals surface area contributed by atoms with Gasteiger partial charge in [-0.15, -0.1) is 0 Å². The maximum Gasteiger partial charge on any atom is 0.259 e. The number of hydrogen-bond acceptors (Lipinski definition) is 6. The van der Waals surface area contributed by atoms with Crippen molar-refractivity contribution in [3.8, 4) is 17.4 Å². The van der Waals surface area contributed by atoms with Crippen LogP contribution in [0.25, 0.3) is 0 Å².